The summed E-state index contributed by atoms with van der Waals surface area (Å²) in [6, 6.07) is 10.9. The second-order valence-corrected chi connectivity index (χ2v) is 5.31. The monoisotopic (exact) mass is 300 g/mol. The molecular weight excluding hydrogens is 288 g/mol. The van der Waals surface area contributed by atoms with Crippen molar-refractivity contribution in [2.24, 2.45) is 0 Å². The van der Waals surface area contributed by atoms with Gasteiger partial charge in [0.05, 0.1) is 5.56 Å². The number of aromatic nitrogens is 3. The number of hydrogen-bond acceptors (Lipinski definition) is 3. The molecule has 0 aliphatic carbocycles. The van der Waals surface area contributed by atoms with E-state index in [-0.39, 0.29) is 5.91 Å². The molecule has 0 aliphatic rings. The van der Waals surface area contributed by atoms with Crippen LogP contribution in [0.5, 0.6) is 0 Å². The van der Waals surface area contributed by atoms with Crippen LogP contribution in [-0.2, 0) is 0 Å². The first-order chi connectivity index (χ1) is 10.1. The van der Waals surface area contributed by atoms with E-state index in [2.05, 4.69) is 10.2 Å². The lowest BCUT2D eigenvalue weighted by Crippen LogP contribution is -2.21. The summed E-state index contributed by atoms with van der Waals surface area (Å²) in [5.41, 5.74) is 2.17. The van der Waals surface area contributed by atoms with Crippen molar-refractivity contribution >= 4 is 23.2 Å². The number of amides is 1. The molecule has 0 saturated heterocycles. The Balaban J connectivity index is 2.14. The van der Waals surface area contributed by atoms with Crippen LogP contribution in [0.4, 0.5) is 0 Å². The molecular formula is C15H13ClN4O. The molecule has 0 N–H and O–H groups in total. The predicted molar refractivity (Wildman–Crippen MR) is 81.5 cm³/mol. The third-order valence-electron chi connectivity index (χ3n) is 3.16. The molecule has 21 heavy (non-hydrogen) atoms. The number of pyridine rings is 1. The highest BCUT2D eigenvalue weighted by atomic mass is 35.5. The number of fused-ring (bicyclic) bond motifs is 1. The standard InChI is InChI=1S/C15H13ClN4O/c1-19(2)15(21)11-5-8-13-17-18-14(20(13)9-11)10-3-6-12(16)7-4-10/h3-9H,1-2H3. The second-order valence-electron chi connectivity index (χ2n) is 4.88. The Kier molecular flexibility index (Phi) is 3.35. The molecule has 5 nitrogen and oxygen atoms in total. The normalized spacial score (nSPS) is 10.8. The van der Waals surface area contributed by atoms with Gasteiger partial charge in [-0.25, -0.2) is 0 Å². The smallest absolute Gasteiger partial charge is 0.254 e. The predicted octanol–water partition coefficient (Wildman–Crippen LogP) is 2.75. The Bertz CT molecular complexity index is 808. The van der Waals surface area contributed by atoms with Gasteiger partial charge in [-0.15, -0.1) is 10.2 Å². The Hall–Kier alpha value is -2.40. The maximum atomic E-state index is 12.1. The molecule has 0 bridgehead atoms. The highest BCUT2D eigenvalue weighted by Crippen LogP contribution is 2.21. The fourth-order valence-corrected chi connectivity index (χ4v) is 2.20. The van der Waals surface area contributed by atoms with Crippen molar-refractivity contribution in [3.8, 4) is 11.4 Å². The van der Waals surface area contributed by atoms with Crippen LogP contribution in [0.25, 0.3) is 17.0 Å². The van der Waals surface area contributed by atoms with Gasteiger partial charge in [-0.05, 0) is 36.4 Å². The van der Waals surface area contributed by atoms with Gasteiger partial charge in [0.15, 0.2) is 11.5 Å². The highest BCUT2D eigenvalue weighted by Gasteiger charge is 2.12. The summed E-state index contributed by atoms with van der Waals surface area (Å²) in [4.78, 5) is 13.6. The lowest BCUT2D eigenvalue weighted by Gasteiger charge is -2.10. The van der Waals surface area contributed by atoms with Crippen LogP contribution >= 0.6 is 11.6 Å². The number of halogens is 1. The molecule has 3 rings (SSSR count). The zero-order valence-corrected chi connectivity index (χ0v) is 12.4. The lowest BCUT2D eigenvalue weighted by molar-refractivity contribution is 0.0827. The molecule has 0 fully saturated rings. The van der Waals surface area contributed by atoms with E-state index in [1.807, 2.05) is 12.1 Å². The van der Waals surface area contributed by atoms with Crippen LogP contribution in [0.15, 0.2) is 42.6 Å². The van der Waals surface area contributed by atoms with Crippen molar-refractivity contribution in [3.63, 3.8) is 0 Å². The van der Waals surface area contributed by atoms with Crippen molar-refractivity contribution in [1.82, 2.24) is 19.5 Å². The molecule has 2 heterocycles. The summed E-state index contributed by atoms with van der Waals surface area (Å²) in [6.45, 7) is 0. The van der Waals surface area contributed by atoms with Crippen molar-refractivity contribution in [3.05, 3.63) is 53.2 Å². The Morgan fingerprint density at radius 2 is 1.81 bits per heavy atom. The van der Waals surface area contributed by atoms with Crippen molar-refractivity contribution in [2.45, 2.75) is 0 Å². The zero-order chi connectivity index (χ0) is 15.0. The van der Waals surface area contributed by atoms with Crippen LogP contribution in [0.3, 0.4) is 0 Å². The highest BCUT2D eigenvalue weighted by molar-refractivity contribution is 6.30. The summed E-state index contributed by atoms with van der Waals surface area (Å²) < 4.78 is 1.81. The third kappa shape index (κ3) is 2.48. The minimum Gasteiger partial charge on any atom is -0.345 e. The van der Waals surface area contributed by atoms with Crippen LogP contribution < -0.4 is 0 Å². The van der Waals surface area contributed by atoms with Crippen molar-refractivity contribution in [1.29, 1.82) is 0 Å². The molecule has 1 amide bonds. The summed E-state index contributed by atoms with van der Waals surface area (Å²) in [7, 11) is 3.44. The van der Waals surface area contributed by atoms with Gasteiger partial charge in [0.1, 0.15) is 0 Å². The maximum Gasteiger partial charge on any atom is 0.254 e. The van der Waals surface area contributed by atoms with E-state index in [0.29, 0.717) is 22.1 Å². The van der Waals surface area contributed by atoms with Crippen molar-refractivity contribution < 1.29 is 4.79 Å². The largest absolute Gasteiger partial charge is 0.345 e. The fraction of sp³-hybridized carbons (Fsp3) is 0.133. The Morgan fingerprint density at radius 1 is 1.10 bits per heavy atom. The van der Waals surface area contributed by atoms with Gasteiger partial charge in [0, 0.05) is 30.9 Å². The van der Waals surface area contributed by atoms with Gasteiger partial charge in [0.25, 0.3) is 5.91 Å². The average Bonchev–Trinajstić information content (AvgIpc) is 2.90. The number of rotatable bonds is 2. The minimum absolute atomic E-state index is 0.0624. The fourth-order valence-electron chi connectivity index (χ4n) is 2.07. The quantitative estimate of drug-likeness (QED) is 0.731. The summed E-state index contributed by atoms with van der Waals surface area (Å²) in [6.07, 6.45) is 1.75. The Morgan fingerprint density at radius 3 is 2.48 bits per heavy atom. The van der Waals surface area contributed by atoms with Gasteiger partial charge in [-0.2, -0.15) is 0 Å². The molecule has 0 aliphatic heterocycles. The molecule has 1 aromatic carbocycles. The van der Waals surface area contributed by atoms with E-state index in [9.17, 15) is 4.79 Å². The minimum atomic E-state index is -0.0624. The first kappa shape index (κ1) is 13.6. The molecule has 106 valence electrons. The topological polar surface area (TPSA) is 50.5 Å². The number of carbonyl (C=O) groups excluding carboxylic acids is 1. The van der Waals surface area contributed by atoms with Gasteiger partial charge in [-0.3, -0.25) is 9.20 Å². The molecule has 0 saturated carbocycles. The molecule has 6 heteroatoms. The van der Waals surface area contributed by atoms with Crippen LogP contribution in [0.2, 0.25) is 5.02 Å². The zero-order valence-electron chi connectivity index (χ0n) is 11.6. The molecule has 2 aromatic heterocycles. The summed E-state index contributed by atoms with van der Waals surface area (Å²) in [5, 5.41) is 8.97. The van der Waals surface area contributed by atoms with E-state index in [1.165, 1.54) is 4.90 Å². The lowest BCUT2D eigenvalue weighted by atomic mass is 10.2. The first-order valence-corrected chi connectivity index (χ1v) is 6.76. The SMILES string of the molecule is CN(C)C(=O)c1ccc2nnc(-c3ccc(Cl)cc3)n2c1. The van der Waals surface area contributed by atoms with Crippen LogP contribution in [0, 0.1) is 0 Å². The van der Waals surface area contributed by atoms with E-state index < -0.39 is 0 Å². The van der Waals surface area contributed by atoms with Gasteiger partial charge < -0.3 is 4.90 Å². The van der Waals surface area contributed by atoms with Gasteiger partial charge in [0.2, 0.25) is 0 Å². The summed E-state index contributed by atoms with van der Waals surface area (Å²) >= 11 is 5.90. The molecule has 0 unspecified atom stereocenters. The van der Waals surface area contributed by atoms with E-state index in [1.54, 1.807) is 49.0 Å². The van der Waals surface area contributed by atoms with E-state index in [0.717, 1.165) is 5.56 Å². The molecule has 0 spiro atoms. The van der Waals surface area contributed by atoms with E-state index in [4.69, 9.17) is 11.6 Å². The number of nitrogens with zero attached hydrogens (tertiary/aromatic N) is 4. The number of carbonyl (C=O) groups is 1. The van der Waals surface area contributed by atoms with Gasteiger partial charge in [-0.1, -0.05) is 11.6 Å². The Labute approximate surface area is 126 Å². The van der Waals surface area contributed by atoms with Crippen LogP contribution in [0.1, 0.15) is 10.4 Å². The number of hydrogen-bond donors (Lipinski definition) is 0. The van der Waals surface area contributed by atoms with Gasteiger partial charge >= 0.3 is 0 Å². The summed E-state index contributed by atoms with van der Waals surface area (Å²) in [5.74, 6) is 0.614. The van der Waals surface area contributed by atoms with E-state index >= 15 is 0 Å². The third-order valence-corrected chi connectivity index (χ3v) is 3.41. The molecule has 3 aromatic rings. The molecule has 0 radical (unpaired) electrons. The second kappa shape index (κ2) is 5.18. The average molecular weight is 301 g/mol. The molecule has 0 atom stereocenters. The number of benzene rings is 1. The van der Waals surface area contributed by atoms with Crippen molar-refractivity contribution in [2.75, 3.05) is 14.1 Å². The first-order valence-electron chi connectivity index (χ1n) is 6.38. The van der Waals surface area contributed by atoms with Crippen LogP contribution in [-0.4, -0.2) is 39.5 Å². The maximum absolute atomic E-state index is 12.1.